The Kier molecular flexibility index (Phi) is 11.6. The highest BCUT2D eigenvalue weighted by Crippen LogP contribution is 1.93. The van der Waals surface area contributed by atoms with Crippen LogP contribution in [0, 0.1) is 0 Å². The Morgan fingerprint density at radius 2 is 1.93 bits per heavy atom. The molecular formula is C11H26N2S. The van der Waals surface area contributed by atoms with Crippen molar-refractivity contribution in [1.82, 2.24) is 10.2 Å². The molecular weight excluding hydrogens is 192 g/mol. The molecule has 86 valence electrons. The van der Waals surface area contributed by atoms with Gasteiger partial charge in [-0.05, 0) is 45.0 Å². The van der Waals surface area contributed by atoms with Crippen LogP contribution in [0.25, 0.3) is 0 Å². The summed E-state index contributed by atoms with van der Waals surface area (Å²) in [5.41, 5.74) is 0. The monoisotopic (exact) mass is 218 g/mol. The minimum Gasteiger partial charge on any atom is -0.315 e. The molecule has 0 bridgehead atoms. The van der Waals surface area contributed by atoms with Gasteiger partial charge in [-0.3, -0.25) is 0 Å². The summed E-state index contributed by atoms with van der Waals surface area (Å²) in [6.45, 7) is 6.97. The van der Waals surface area contributed by atoms with E-state index in [2.05, 4.69) is 30.4 Å². The van der Waals surface area contributed by atoms with Gasteiger partial charge in [0.1, 0.15) is 0 Å². The highest BCUT2D eigenvalue weighted by atomic mass is 32.2. The van der Waals surface area contributed by atoms with Gasteiger partial charge >= 0.3 is 0 Å². The van der Waals surface area contributed by atoms with E-state index in [-0.39, 0.29) is 0 Å². The average molecular weight is 218 g/mol. The van der Waals surface area contributed by atoms with Gasteiger partial charge in [-0.15, -0.1) is 0 Å². The molecule has 2 nitrogen and oxygen atoms in total. The number of hydrogen-bond acceptors (Lipinski definition) is 3. The molecule has 0 aromatic heterocycles. The summed E-state index contributed by atoms with van der Waals surface area (Å²) in [7, 11) is 2.21. The minimum absolute atomic E-state index is 1.13. The van der Waals surface area contributed by atoms with E-state index in [1.54, 1.807) is 0 Å². The predicted molar refractivity (Wildman–Crippen MR) is 68.3 cm³/mol. The lowest BCUT2D eigenvalue weighted by molar-refractivity contribution is 0.326. The molecule has 0 unspecified atom stereocenters. The summed E-state index contributed by atoms with van der Waals surface area (Å²) in [6, 6.07) is 0. The lowest BCUT2D eigenvalue weighted by Gasteiger charge is -2.16. The standard InChI is InChI=1S/C11H26N2S/c1-4-5-9-13(2)10-8-12-7-6-11-14-3/h12H,4-11H2,1-3H3. The van der Waals surface area contributed by atoms with E-state index in [0.29, 0.717) is 0 Å². The molecule has 0 saturated carbocycles. The number of likely N-dealkylation sites (N-methyl/N-ethyl adjacent to an activating group) is 1. The summed E-state index contributed by atoms with van der Waals surface area (Å²) in [5.74, 6) is 1.28. The van der Waals surface area contributed by atoms with Crippen molar-refractivity contribution in [2.24, 2.45) is 0 Å². The fourth-order valence-electron chi connectivity index (χ4n) is 1.28. The van der Waals surface area contributed by atoms with Crippen LogP contribution in [0.1, 0.15) is 26.2 Å². The smallest absolute Gasteiger partial charge is 0.0104 e. The fraction of sp³-hybridized carbons (Fsp3) is 1.00. The molecule has 0 heterocycles. The second-order valence-corrected chi connectivity index (χ2v) is 4.74. The Morgan fingerprint density at radius 3 is 2.57 bits per heavy atom. The van der Waals surface area contributed by atoms with Crippen molar-refractivity contribution in [2.75, 3.05) is 45.2 Å². The quantitative estimate of drug-likeness (QED) is 0.565. The van der Waals surface area contributed by atoms with E-state index >= 15 is 0 Å². The minimum atomic E-state index is 1.13. The van der Waals surface area contributed by atoms with Gasteiger partial charge in [0, 0.05) is 13.1 Å². The second-order valence-electron chi connectivity index (χ2n) is 3.75. The molecule has 3 heteroatoms. The van der Waals surface area contributed by atoms with E-state index in [1.165, 1.54) is 44.6 Å². The molecule has 0 aliphatic rings. The van der Waals surface area contributed by atoms with Crippen LogP contribution in [-0.2, 0) is 0 Å². The molecule has 0 radical (unpaired) electrons. The van der Waals surface area contributed by atoms with E-state index < -0.39 is 0 Å². The van der Waals surface area contributed by atoms with Crippen LogP contribution < -0.4 is 5.32 Å². The average Bonchev–Trinajstić information content (AvgIpc) is 2.20. The number of hydrogen-bond donors (Lipinski definition) is 1. The first-order valence-electron chi connectivity index (χ1n) is 5.69. The van der Waals surface area contributed by atoms with Gasteiger partial charge in [0.25, 0.3) is 0 Å². The van der Waals surface area contributed by atoms with Crippen molar-refractivity contribution in [3.63, 3.8) is 0 Å². The molecule has 0 aliphatic heterocycles. The van der Waals surface area contributed by atoms with Crippen LogP contribution in [0.15, 0.2) is 0 Å². The van der Waals surface area contributed by atoms with Crippen LogP contribution in [0.2, 0.25) is 0 Å². The lowest BCUT2D eigenvalue weighted by Crippen LogP contribution is -2.30. The van der Waals surface area contributed by atoms with Gasteiger partial charge < -0.3 is 10.2 Å². The maximum absolute atomic E-state index is 3.47. The summed E-state index contributed by atoms with van der Waals surface area (Å²) >= 11 is 1.93. The number of unbranched alkanes of at least 4 members (excludes halogenated alkanes) is 1. The first-order valence-corrected chi connectivity index (χ1v) is 7.08. The zero-order chi connectivity index (χ0) is 10.6. The van der Waals surface area contributed by atoms with Gasteiger partial charge in [-0.1, -0.05) is 13.3 Å². The predicted octanol–water partition coefficient (Wildman–Crippen LogP) is 2.06. The highest BCUT2D eigenvalue weighted by Gasteiger charge is 1.95. The number of thioether (sulfide) groups is 1. The molecule has 0 atom stereocenters. The molecule has 0 aromatic rings. The maximum atomic E-state index is 3.47. The maximum Gasteiger partial charge on any atom is 0.0104 e. The summed E-state index contributed by atoms with van der Waals surface area (Å²) in [4.78, 5) is 2.41. The van der Waals surface area contributed by atoms with E-state index in [0.717, 1.165) is 6.54 Å². The molecule has 1 N–H and O–H groups in total. The Balaban J connectivity index is 3.02. The first kappa shape index (κ1) is 14.3. The summed E-state index contributed by atoms with van der Waals surface area (Å²) in [5, 5.41) is 3.47. The van der Waals surface area contributed by atoms with E-state index in [1.807, 2.05) is 11.8 Å². The van der Waals surface area contributed by atoms with Crippen LogP contribution in [0.4, 0.5) is 0 Å². The van der Waals surface area contributed by atoms with Gasteiger partial charge in [-0.2, -0.15) is 11.8 Å². The number of rotatable bonds is 10. The highest BCUT2D eigenvalue weighted by molar-refractivity contribution is 7.98. The first-order chi connectivity index (χ1) is 6.81. The Labute approximate surface area is 93.8 Å². The summed E-state index contributed by atoms with van der Waals surface area (Å²) < 4.78 is 0. The van der Waals surface area contributed by atoms with Crippen molar-refractivity contribution in [3.8, 4) is 0 Å². The molecule has 0 fully saturated rings. The third-order valence-corrected chi connectivity index (χ3v) is 2.96. The van der Waals surface area contributed by atoms with Crippen LogP contribution in [0.3, 0.4) is 0 Å². The van der Waals surface area contributed by atoms with E-state index in [4.69, 9.17) is 0 Å². The number of nitrogens with zero attached hydrogens (tertiary/aromatic N) is 1. The fourth-order valence-corrected chi connectivity index (χ4v) is 1.71. The van der Waals surface area contributed by atoms with Crippen molar-refractivity contribution in [1.29, 1.82) is 0 Å². The van der Waals surface area contributed by atoms with Gasteiger partial charge in [0.15, 0.2) is 0 Å². The van der Waals surface area contributed by atoms with Crippen molar-refractivity contribution in [3.05, 3.63) is 0 Å². The Hall–Kier alpha value is 0.270. The van der Waals surface area contributed by atoms with Gasteiger partial charge in [-0.25, -0.2) is 0 Å². The van der Waals surface area contributed by atoms with Crippen molar-refractivity contribution >= 4 is 11.8 Å². The molecule has 0 saturated heterocycles. The normalized spacial score (nSPS) is 11.1. The zero-order valence-electron chi connectivity index (χ0n) is 10.0. The summed E-state index contributed by atoms with van der Waals surface area (Å²) in [6.07, 6.45) is 6.08. The van der Waals surface area contributed by atoms with E-state index in [9.17, 15) is 0 Å². The van der Waals surface area contributed by atoms with Gasteiger partial charge in [0.05, 0.1) is 0 Å². The molecule has 0 aliphatic carbocycles. The zero-order valence-corrected chi connectivity index (χ0v) is 10.8. The van der Waals surface area contributed by atoms with Crippen molar-refractivity contribution < 1.29 is 0 Å². The number of nitrogens with one attached hydrogen (secondary N) is 1. The third kappa shape index (κ3) is 10.4. The lowest BCUT2D eigenvalue weighted by atomic mass is 10.3. The topological polar surface area (TPSA) is 15.3 Å². The second kappa shape index (κ2) is 11.3. The van der Waals surface area contributed by atoms with Gasteiger partial charge in [0.2, 0.25) is 0 Å². The molecule has 0 spiro atoms. The third-order valence-electron chi connectivity index (χ3n) is 2.27. The molecule has 0 amide bonds. The largest absolute Gasteiger partial charge is 0.315 e. The van der Waals surface area contributed by atoms with Crippen LogP contribution in [-0.4, -0.2) is 50.1 Å². The Bertz CT molecular complexity index is 109. The van der Waals surface area contributed by atoms with Crippen LogP contribution in [0.5, 0.6) is 0 Å². The molecule has 14 heavy (non-hydrogen) atoms. The molecule has 0 rings (SSSR count). The van der Waals surface area contributed by atoms with Crippen LogP contribution >= 0.6 is 11.8 Å². The SMILES string of the molecule is CCCCN(C)CCNCCCSC. The molecule has 0 aromatic carbocycles. The Morgan fingerprint density at radius 1 is 1.14 bits per heavy atom. The van der Waals surface area contributed by atoms with Crippen molar-refractivity contribution in [2.45, 2.75) is 26.2 Å².